The molecule has 36 heavy (non-hydrogen) atoms. The summed E-state index contributed by atoms with van der Waals surface area (Å²) in [6.45, 7) is 4.21. The summed E-state index contributed by atoms with van der Waals surface area (Å²) in [4.78, 5) is 19.1. The first-order valence-electron chi connectivity index (χ1n) is 11.9. The van der Waals surface area contributed by atoms with Crippen molar-refractivity contribution in [2.45, 2.75) is 26.2 Å². The standard InChI is InChI=1S/C26H27FN6OS2/c1-2-8-29-16-22(14-28)36-32-10-7-19-12-23-18(15-31-33(23)21-5-3-20(27)4-6-21)13-26(19,17-32)24(34)25-30-9-11-35-25/h3-6,9,11-12,14-16,28-29H,2,7-8,10,13,17H2,1H3/b22-16+,28-14?. The van der Waals surface area contributed by atoms with E-state index < -0.39 is 5.41 Å². The van der Waals surface area contributed by atoms with Crippen LogP contribution in [0.15, 0.2) is 58.7 Å². The zero-order valence-corrected chi connectivity index (χ0v) is 21.5. The van der Waals surface area contributed by atoms with Gasteiger partial charge in [0.05, 0.1) is 27.9 Å². The van der Waals surface area contributed by atoms with Crippen molar-refractivity contribution in [1.82, 2.24) is 24.4 Å². The Labute approximate surface area is 217 Å². The summed E-state index contributed by atoms with van der Waals surface area (Å²) in [5.74, 6) is -0.266. The number of piperidine rings is 1. The van der Waals surface area contributed by atoms with Crippen LogP contribution in [0.4, 0.5) is 4.39 Å². The lowest BCUT2D eigenvalue weighted by atomic mass is 9.66. The van der Waals surface area contributed by atoms with Gasteiger partial charge in [0.2, 0.25) is 5.78 Å². The Morgan fingerprint density at radius 3 is 2.92 bits per heavy atom. The van der Waals surface area contributed by atoms with E-state index in [9.17, 15) is 9.18 Å². The van der Waals surface area contributed by atoms with Gasteiger partial charge in [-0.15, -0.1) is 11.3 Å². The molecule has 0 bridgehead atoms. The normalized spacial score (nSPS) is 19.8. The molecule has 1 aliphatic heterocycles. The van der Waals surface area contributed by atoms with E-state index in [4.69, 9.17) is 5.41 Å². The minimum absolute atomic E-state index is 0.0266. The zero-order chi connectivity index (χ0) is 25.1. The summed E-state index contributed by atoms with van der Waals surface area (Å²) < 4.78 is 17.5. The molecule has 0 radical (unpaired) electrons. The highest BCUT2D eigenvalue weighted by atomic mass is 32.2. The second kappa shape index (κ2) is 10.5. The molecule has 1 aromatic carbocycles. The van der Waals surface area contributed by atoms with Gasteiger partial charge in [-0.1, -0.05) is 12.5 Å². The van der Waals surface area contributed by atoms with Gasteiger partial charge in [-0.2, -0.15) is 5.10 Å². The van der Waals surface area contributed by atoms with Crippen molar-refractivity contribution < 1.29 is 9.18 Å². The average Bonchev–Trinajstić information content (AvgIpc) is 3.57. The van der Waals surface area contributed by atoms with Gasteiger partial charge in [0, 0.05) is 43.6 Å². The zero-order valence-electron chi connectivity index (χ0n) is 19.9. The Balaban J connectivity index is 1.50. The van der Waals surface area contributed by atoms with Crippen LogP contribution < -0.4 is 5.32 Å². The van der Waals surface area contributed by atoms with Crippen LogP contribution >= 0.6 is 23.3 Å². The van der Waals surface area contributed by atoms with E-state index in [0.29, 0.717) is 24.4 Å². The summed E-state index contributed by atoms with van der Waals surface area (Å²) in [5.41, 5.74) is 3.01. The number of benzene rings is 1. The lowest BCUT2D eigenvalue weighted by Crippen LogP contribution is -2.49. The molecule has 10 heteroatoms. The second-order valence-electron chi connectivity index (χ2n) is 8.89. The monoisotopic (exact) mass is 522 g/mol. The van der Waals surface area contributed by atoms with Crippen LogP contribution in [-0.2, 0) is 6.42 Å². The number of halogens is 1. The highest BCUT2D eigenvalue weighted by Gasteiger charge is 2.49. The van der Waals surface area contributed by atoms with E-state index >= 15 is 0 Å². The van der Waals surface area contributed by atoms with Gasteiger partial charge in [-0.05, 0) is 67.1 Å². The van der Waals surface area contributed by atoms with Crippen LogP contribution in [0, 0.1) is 16.6 Å². The number of carbonyl (C=O) groups is 1. The predicted octanol–water partition coefficient (Wildman–Crippen LogP) is 5.12. The number of allylic oxidation sites excluding steroid dienone is 1. The first kappa shape index (κ1) is 24.6. The van der Waals surface area contributed by atoms with Crippen LogP contribution in [0.2, 0.25) is 0 Å². The van der Waals surface area contributed by atoms with Crippen molar-refractivity contribution in [1.29, 1.82) is 5.41 Å². The van der Waals surface area contributed by atoms with Gasteiger partial charge < -0.3 is 10.7 Å². The molecule has 1 saturated heterocycles. The Kier molecular flexibility index (Phi) is 7.17. The number of aromatic nitrogens is 3. The molecule has 2 N–H and O–H groups in total. The van der Waals surface area contributed by atoms with Gasteiger partial charge in [0.15, 0.2) is 5.01 Å². The first-order chi connectivity index (χ1) is 17.5. The number of fused-ring (bicyclic) bond motifs is 2. The fraction of sp³-hybridized carbons (Fsp3) is 0.308. The Morgan fingerprint density at radius 2 is 2.19 bits per heavy atom. The van der Waals surface area contributed by atoms with E-state index in [1.807, 2.05) is 22.5 Å². The smallest absolute Gasteiger partial charge is 0.203 e. The van der Waals surface area contributed by atoms with Crippen LogP contribution in [0.5, 0.6) is 0 Å². The summed E-state index contributed by atoms with van der Waals surface area (Å²) in [7, 11) is 0. The molecule has 1 unspecified atom stereocenters. The van der Waals surface area contributed by atoms with Crippen LogP contribution in [0.3, 0.4) is 0 Å². The quantitative estimate of drug-likeness (QED) is 0.176. The number of rotatable bonds is 9. The van der Waals surface area contributed by atoms with Crippen LogP contribution in [0.25, 0.3) is 11.8 Å². The van der Waals surface area contributed by atoms with Gasteiger partial charge >= 0.3 is 0 Å². The molecule has 5 rings (SSSR count). The Hall–Kier alpha value is -3.08. The Morgan fingerprint density at radius 1 is 1.36 bits per heavy atom. The molecular formula is C26H27FN6OS2. The maximum absolute atomic E-state index is 14.0. The lowest BCUT2D eigenvalue weighted by molar-refractivity contribution is 0.0781. The molecule has 1 aliphatic carbocycles. The highest BCUT2D eigenvalue weighted by molar-refractivity contribution is 8.01. The minimum Gasteiger partial charge on any atom is -0.390 e. The molecule has 1 fully saturated rings. The van der Waals surface area contributed by atoms with E-state index in [1.165, 1.54) is 41.6 Å². The number of hydrogen-bond acceptors (Lipinski definition) is 8. The third-order valence-electron chi connectivity index (χ3n) is 6.53. The minimum atomic E-state index is -0.753. The van der Waals surface area contributed by atoms with Gasteiger partial charge in [0.1, 0.15) is 5.82 Å². The molecular weight excluding hydrogens is 495 g/mol. The molecule has 7 nitrogen and oxygen atoms in total. The maximum atomic E-state index is 14.0. The van der Waals surface area contributed by atoms with Crippen molar-refractivity contribution in [2.24, 2.45) is 5.41 Å². The van der Waals surface area contributed by atoms with E-state index in [1.54, 1.807) is 18.3 Å². The third-order valence-corrected chi connectivity index (χ3v) is 8.32. The largest absolute Gasteiger partial charge is 0.390 e. The maximum Gasteiger partial charge on any atom is 0.203 e. The van der Waals surface area contributed by atoms with E-state index in [-0.39, 0.29) is 11.6 Å². The van der Waals surface area contributed by atoms with Crippen LogP contribution in [-0.4, -0.2) is 50.7 Å². The molecule has 0 spiro atoms. The van der Waals surface area contributed by atoms with E-state index in [2.05, 4.69) is 32.7 Å². The number of Topliss-reactive ketones (excluding diaryl/α,β-unsaturated/α-hetero) is 1. The molecule has 2 aromatic heterocycles. The SMILES string of the molecule is CCCN/C=C(\C=N)SN1CCC2=Cc3c(cnn3-c3ccc(F)cc3)CC2(C(=O)c2nccs2)C1. The molecule has 186 valence electrons. The molecule has 3 heterocycles. The second-order valence-corrected chi connectivity index (χ2v) is 11.0. The van der Waals surface area contributed by atoms with Gasteiger partial charge in [-0.3, -0.25) is 4.79 Å². The fourth-order valence-corrected chi connectivity index (χ4v) is 6.41. The highest BCUT2D eigenvalue weighted by Crippen LogP contribution is 2.48. The Bertz CT molecular complexity index is 1310. The number of carbonyl (C=O) groups excluding carboxylic acids is 1. The number of hydrogen-bond donors (Lipinski definition) is 2. The molecule has 2 aliphatic rings. The number of ketones is 1. The first-order valence-corrected chi connectivity index (χ1v) is 13.5. The van der Waals surface area contributed by atoms with Crippen molar-refractivity contribution in [3.8, 4) is 5.69 Å². The topological polar surface area (TPSA) is 86.9 Å². The van der Waals surface area contributed by atoms with Gasteiger partial charge in [-0.25, -0.2) is 18.4 Å². The summed E-state index contributed by atoms with van der Waals surface area (Å²) >= 11 is 2.87. The molecule has 0 amide bonds. The number of nitrogens with one attached hydrogen (secondary N) is 2. The lowest BCUT2D eigenvalue weighted by Gasteiger charge is -2.44. The fourth-order valence-electron chi connectivity index (χ4n) is 4.78. The summed E-state index contributed by atoms with van der Waals surface area (Å²) in [6, 6.07) is 6.27. The van der Waals surface area contributed by atoms with Crippen LogP contribution in [0.1, 0.15) is 40.8 Å². The van der Waals surface area contributed by atoms with Crippen molar-refractivity contribution in [3.63, 3.8) is 0 Å². The van der Waals surface area contributed by atoms with Crippen molar-refractivity contribution >= 4 is 41.4 Å². The average molecular weight is 523 g/mol. The van der Waals surface area contributed by atoms with E-state index in [0.717, 1.165) is 46.9 Å². The summed E-state index contributed by atoms with van der Waals surface area (Å²) in [5, 5.41) is 18.0. The molecule has 3 aromatic rings. The van der Waals surface area contributed by atoms with Crippen molar-refractivity contribution in [2.75, 3.05) is 19.6 Å². The van der Waals surface area contributed by atoms with Gasteiger partial charge in [0.25, 0.3) is 0 Å². The summed E-state index contributed by atoms with van der Waals surface area (Å²) in [6.07, 6.45) is 11.0. The number of nitrogens with zero attached hydrogens (tertiary/aromatic N) is 4. The predicted molar refractivity (Wildman–Crippen MR) is 143 cm³/mol. The van der Waals surface area contributed by atoms with Crippen molar-refractivity contribution in [3.05, 3.63) is 80.8 Å². The molecule has 1 atom stereocenters. The molecule has 0 saturated carbocycles. The number of thiazole rings is 1. The third kappa shape index (κ3) is 4.68.